The summed E-state index contributed by atoms with van der Waals surface area (Å²) < 4.78 is 43.5. The van der Waals surface area contributed by atoms with Crippen LogP contribution in [0.1, 0.15) is 21.6 Å². The Balaban J connectivity index is 1.41. The van der Waals surface area contributed by atoms with E-state index in [1.165, 1.54) is 12.1 Å². The van der Waals surface area contributed by atoms with Crippen molar-refractivity contribution in [3.63, 3.8) is 0 Å². The number of aromatic nitrogens is 2. The third kappa shape index (κ3) is 4.85. The Morgan fingerprint density at radius 3 is 2.58 bits per heavy atom. The van der Waals surface area contributed by atoms with Crippen molar-refractivity contribution in [1.29, 1.82) is 0 Å². The van der Waals surface area contributed by atoms with Crippen LogP contribution in [0.25, 0.3) is 10.9 Å². The largest absolute Gasteiger partial charge is 0.493 e. The lowest BCUT2D eigenvalue weighted by Gasteiger charge is -2.09. The second-order valence-corrected chi connectivity index (χ2v) is 6.87. The molecule has 2 aromatic carbocycles. The van der Waals surface area contributed by atoms with E-state index in [0.29, 0.717) is 30.2 Å². The summed E-state index contributed by atoms with van der Waals surface area (Å²) in [6, 6.07) is 15.5. The summed E-state index contributed by atoms with van der Waals surface area (Å²) in [5.74, 6) is 0.0663. The lowest BCUT2D eigenvalue weighted by molar-refractivity contribution is -0.137. The third-order valence-corrected chi connectivity index (χ3v) is 4.73. The molecule has 0 fully saturated rings. The average molecular weight is 425 g/mol. The maximum atomic E-state index is 12.6. The number of carbonyl (C=O) groups excluding carboxylic acids is 1. The second-order valence-electron chi connectivity index (χ2n) is 6.87. The van der Waals surface area contributed by atoms with Crippen LogP contribution in [-0.2, 0) is 12.6 Å². The van der Waals surface area contributed by atoms with Crippen molar-refractivity contribution >= 4 is 22.5 Å². The van der Waals surface area contributed by atoms with E-state index in [0.717, 1.165) is 28.6 Å². The van der Waals surface area contributed by atoms with Crippen LogP contribution < -0.4 is 10.1 Å². The number of H-pyrrole nitrogens is 1. The Kier molecular flexibility index (Phi) is 5.62. The zero-order chi connectivity index (χ0) is 21.8. The number of alkyl halides is 3. The number of hydrogen-bond donors (Lipinski definition) is 2. The fraction of sp³-hybridized carbons (Fsp3) is 0.130. The van der Waals surface area contributed by atoms with Crippen molar-refractivity contribution < 1.29 is 22.7 Å². The van der Waals surface area contributed by atoms with Gasteiger partial charge >= 0.3 is 6.18 Å². The molecule has 0 unspecified atom stereocenters. The van der Waals surface area contributed by atoms with Gasteiger partial charge < -0.3 is 15.0 Å². The van der Waals surface area contributed by atoms with Crippen LogP contribution >= 0.6 is 0 Å². The molecule has 2 heterocycles. The summed E-state index contributed by atoms with van der Waals surface area (Å²) in [4.78, 5) is 19.5. The van der Waals surface area contributed by atoms with Crippen molar-refractivity contribution in [2.75, 3.05) is 11.9 Å². The van der Waals surface area contributed by atoms with Crippen LogP contribution in [0.3, 0.4) is 0 Å². The Morgan fingerprint density at radius 2 is 1.87 bits per heavy atom. The molecular formula is C23H18F3N3O2. The van der Waals surface area contributed by atoms with E-state index in [1.807, 2.05) is 18.2 Å². The van der Waals surface area contributed by atoms with E-state index in [9.17, 15) is 18.0 Å². The summed E-state index contributed by atoms with van der Waals surface area (Å²) in [5, 5.41) is 3.70. The van der Waals surface area contributed by atoms with Gasteiger partial charge in [0.1, 0.15) is 11.4 Å². The molecule has 2 N–H and O–H groups in total. The normalized spacial score (nSPS) is 11.5. The zero-order valence-electron chi connectivity index (χ0n) is 16.2. The van der Waals surface area contributed by atoms with Crippen LogP contribution in [0.15, 0.2) is 73.1 Å². The highest BCUT2D eigenvalue weighted by Crippen LogP contribution is 2.30. The minimum atomic E-state index is -4.37. The molecule has 0 bridgehead atoms. The Bertz CT molecular complexity index is 1190. The molecule has 0 spiro atoms. The monoisotopic (exact) mass is 425 g/mol. The average Bonchev–Trinajstić information content (AvgIpc) is 3.16. The molecule has 0 aliphatic heterocycles. The molecule has 0 atom stereocenters. The van der Waals surface area contributed by atoms with Gasteiger partial charge in [-0.15, -0.1) is 0 Å². The Labute approximate surface area is 175 Å². The van der Waals surface area contributed by atoms with Gasteiger partial charge in [0.15, 0.2) is 0 Å². The number of amides is 1. The molecule has 0 aliphatic rings. The summed E-state index contributed by atoms with van der Waals surface area (Å²) in [7, 11) is 0. The predicted octanol–water partition coefficient (Wildman–Crippen LogP) is 5.46. The molecule has 31 heavy (non-hydrogen) atoms. The Morgan fingerprint density at radius 1 is 1.06 bits per heavy atom. The molecule has 4 rings (SSSR count). The molecule has 1 amide bonds. The highest BCUT2D eigenvalue weighted by molar-refractivity contribution is 6.08. The number of pyridine rings is 1. The molecular weight excluding hydrogens is 407 g/mol. The molecule has 8 heteroatoms. The van der Waals surface area contributed by atoms with Crippen LogP contribution in [0.5, 0.6) is 5.75 Å². The SMILES string of the molecule is O=C(Nc1c[nH]c2ccc(CCOc3ccc(C(F)(F)F)cc3)cc12)c1ccccn1. The van der Waals surface area contributed by atoms with Crippen molar-refractivity contribution in [2.24, 2.45) is 0 Å². The molecule has 0 aliphatic carbocycles. The molecule has 0 saturated carbocycles. The summed E-state index contributed by atoms with van der Waals surface area (Å²) >= 11 is 0. The molecule has 0 radical (unpaired) electrons. The van der Waals surface area contributed by atoms with E-state index >= 15 is 0 Å². The first-order valence-electron chi connectivity index (χ1n) is 9.52. The fourth-order valence-corrected chi connectivity index (χ4v) is 3.14. The van der Waals surface area contributed by atoms with Gasteiger partial charge in [0, 0.05) is 29.7 Å². The van der Waals surface area contributed by atoms with Crippen molar-refractivity contribution in [3.05, 3.63) is 89.9 Å². The quantitative estimate of drug-likeness (QED) is 0.431. The highest BCUT2D eigenvalue weighted by atomic mass is 19.4. The predicted molar refractivity (Wildman–Crippen MR) is 111 cm³/mol. The number of fused-ring (bicyclic) bond motifs is 1. The number of hydrogen-bond acceptors (Lipinski definition) is 3. The van der Waals surface area contributed by atoms with Gasteiger partial charge in [0.2, 0.25) is 0 Å². The van der Waals surface area contributed by atoms with E-state index < -0.39 is 11.7 Å². The lowest BCUT2D eigenvalue weighted by atomic mass is 10.1. The first kappa shape index (κ1) is 20.5. The van der Waals surface area contributed by atoms with Gasteiger partial charge in [0.05, 0.1) is 17.9 Å². The van der Waals surface area contributed by atoms with Gasteiger partial charge in [-0.3, -0.25) is 9.78 Å². The Hall–Kier alpha value is -3.81. The number of nitrogens with zero attached hydrogens (tertiary/aromatic N) is 1. The van der Waals surface area contributed by atoms with E-state index in [-0.39, 0.29) is 5.91 Å². The minimum absolute atomic E-state index is 0.303. The molecule has 158 valence electrons. The number of aromatic amines is 1. The van der Waals surface area contributed by atoms with Crippen molar-refractivity contribution in [3.8, 4) is 5.75 Å². The molecule has 4 aromatic rings. The standard InChI is InChI=1S/C23H18F3N3O2/c24-23(25,26)16-5-7-17(8-6-16)31-12-10-15-4-9-19-18(13-15)21(14-28-19)29-22(30)20-3-1-2-11-27-20/h1-9,11,13-14,28H,10,12H2,(H,29,30). The molecule has 2 aromatic heterocycles. The van der Waals surface area contributed by atoms with Gasteiger partial charge in [0.25, 0.3) is 5.91 Å². The highest BCUT2D eigenvalue weighted by Gasteiger charge is 2.30. The number of nitrogens with one attached hydrogen (secondary N) is 2. The van der Waals surface area contributed by atoms with E-state index in [4.69, 9.17) is 4.74 Å². The van der Waals surface area contributed by atoms with Crippen LogP contribution in [-0.4, -0.2) is 22.5 Å². The number of benzene rings is 2. The smallest absolute Gasteiger partial charge is 0.416 e. The number of carbonyl (C=O) groups is 1. The number of halogens is 3. The molecule has 0 saturated heterocycles. The van der Waals surface area contributed by atoms with Crippen LogP contribution in [0.2, 0.25) is 0 Å². The zero-order valence-corrected chi connectivity index (χ0v) is 16.2. The van der Waals surface area contributed by atoms with E-state index in [2.05, 4.69) is 15.3 Å². The van der Waals surface area contributed by atoms with E-state index in [1.54, 1.807) is 30.6 Å². The summed E-state index contributed by atoms with van der Waals surface area (Å²) in [6.45, 7) is 0.303. The fourth-order valence-electron chi connectivity index (χ4n) is 3.14. The van der Waals surface area contributed by atoms with Gasteiger partial charge in [-0.1, -0.05) is 12.1 Å². The van der Waals surface area contributed by atoms with Gasteiger partial charge in [-0.05, 0) is 54.1 Å². The van der Waals surface area contributed by atoms with Crippen LogP contribution in [0.4, 0.5) is 18.9 Å². The second kappa shape index (κ2) is 8.51. The number of rotatable bonds is 6. The third-order valence-electron chi connectivity index (χ3n) is 4.73. The lowest BCUT2D eigenvalue weighted by Crippen LogP contribution is -2.13. The van der Waals surface area contributed by atoms with Gasteiger partial charge in [-0.25, -0.2) is 0 Å². The first-order chi connectivity index (χ1) is 14.9. The maximum Gasteiger partial charge on any atom is 0.416 e. The number of ether oxygens (including phenoxy) is 1. The van der Waals surface area contributed by atoms with Gasteiger partial charge in [-0.2, -0.15) is 13.2 Å². The minimum Gasteiger partial charge on any atom is -0.493 e. The summed E-state index contributed by atoms with van der Waals surface area (Å²) in [5.41, 5.74) is 2.07. The first-order valence-corrected chi connectivity index (χ1v) is 9.52. The van der Waals surface area contributed by atoms with Crippen LogP contribution in [0, 0.1) is 0 Å². The number of anilines is 1. The van der Waals surface area contributed by atoms with Crippen molar-refractivity contribution in [2.45, 2.75) is 12.6 Å². The topological polar surface area (TPSA) is 67.0 Å². The van der Waals surface area contributed by atoms with Crippen molar-refractivity contribution in [1.82, 2.24) is 9.97 Å². The maximum absolute atomic E-state index is 12.6. The molecule has 5 nitrogen and oxygen atoms in total. The summed E-state index contributed by atoms with van der Waals surface area (Å²) in [6.07, 6.45) is -0.545.